The third kappa shape index (κ3) is 5.08. The molecule has 0 saturated carbocycles. The molecule has 2 N–H and O–H groups in total. The summed E-state index contributed by atoms with van der Waals surface area (Å²) in [4.78, 5) is 0. The first-order valence-electron chi connectivity index (χ1n) is 7.26. The molecule has 0 bridgehead atoms. The van der Waals surface area contributed by atoms with E-state index in [1.165, 1.54) is 0 Å². The first-order chi connectivity index (χ1) is 11.6. The van der Waals surface area contributed by atoms with Crippen LogP contribution in [0.4, 0.5) is 5.69 Å². The van der Waals surface area contributed by atoms with Crippen LogP contribution in [0.15, 0.2) is 53.6 Å². The number of anilines is 1. The molecule has 0 fully saturated rings. The fourth-order valence-electron chi connectivity index (χ4n) is 1.98. The summed E-state index contributed by atoms with van der Waals surface area (Å²) in [5.74, 6) is 0.809. The van der Waals surface area contributed by atoms with Gasteiger partial charge in [-0.1, -0.05) is 35.9 Å². The molecule has 0 radical (unpaired) electrons. The van der Waals surface area contributed by atoms with Gasteiger partial charge in [-0.3, -0.25) is 5.43 Å². The molecule has 0 aliphatic rings. The van der Waals surface area contributed by atoms with Gasteiger partial charge >= 0.3 is 0 Å². The van der Waals surface area contributed by atoms with Crippen molar-refractivity contribution in [3.8, 4) is 5.75 Å². The molecule has 0 aliphatic heterocycles. The highest BCUT2D eigenvalue weighted by molar-refractivity contribution is 7.80. The summed E-state index contributed by atoms with van der Waals surface area (Å²) >= 11 is 11.3. The molecule has 0 unspecified atom stereocenters. The van der Waals surface area contributed by atoms with E-state index in [2.05, 4.69) is 15.8 Å². The van der Waals surface area contributed by atoms with Crippen LogP contribution in [0.5, 0.6) is 5.75 Å². The third-order valence-corrected chi connectivity index (χ3v) is 3.86. The summed E-state index contributed by atoms with van der Waals surface area (Å²) in [6.07, 6.45) is 5.32. The van der Waals surface area contributed by atoms with Crippen LogP contribution in [0.2, 0.25) is 5.02 Å². The fourth-order valence-corrected chi connectivity index (χ4v) is 2.32. The molecule has 0 amide bonds. The number of allylic oxidation sites excluding steroid dienone is 1. The second-order valence-corrected chi connectivity index (χ2v) is 5.67. The van der Waals surface area contributed by atoms with Crippen LogP contribution in [0.1, 0.15) is 11.1 Å². The second kappa shape index (κ2) is 9.05. The molecule has 2 aromatic carbocycles. The van der Waals surface area contributed by atoms with Crippen LogP contribution in [0, 0.1) is 6.92 Å². The molecule has 2 rings (SSSR count). The van der Waals surface area contributed by atoms with Gasteiger partial charge in [0.2, 0.25) is 0 Å². The van der Waals surface area contributed by atoms with Crippen molar-refractivity contribution in [1.82, 2.24) is 5.43 Å². The number of nitrogens with zero attached hydrogens (tertiary/aromatic N) is 1. The number of ether oxygens (including phenoxy) is 1. The number of hydrazone groups is 1. The number of para-hydroxylation sites is 1. The lowest BCUT2D eigenvalue weighted by molar-refractivity contribution is 0.414. The topological polar surface area (TPSA) is 45.6 Å². The molecule has 0 heterocycles. The Kier molecular flexibility index (Phi) is 6.78. The van der Waals surface area contributed by atoms with Crippen LogP contribution in [0.3, 0.4) is 0 Å². The predicted molar refractivity (Wildman–Crippen MR) is 106 cm³/mol. The molecule has 0 atom stereocenters. The minimum absolute atomic E-state index is 0.391. The summed E-state index contributed by atoms with van der Waals surface area (Å²) in [5.41, 5.74) is 5.51. The first kappa shape index (κ1) is 18.0. The van der Waals surface area contributed by atoms with E-state index in [0.29, 0.717) is 10.1 Å². The van der Waals surface area contributed by atoms with Crippen molar-refractivity contribution >= 4 is 46.9 Å². The zero-order chi connectivity index (χ0) is 17.4. The lowest BCUT2D eigenvalue weighted by atomic mass is 10.2. The van der Waals surface area contributed by atoms with Gasteiger partial charge in [-0.25, -0.2) is 0 Å². The van der Waals surface area contributed by atoms with E-state index in [9.17, 15) is 0 Å². The number of methoxy groups -OCH3 is 1. The van der Waals surface area contributed by atoms with Crippen molar-refractivity contribution in [2.75, 3.05) is 12.4 Å². The normalized spacial score (nSPS) is 11.0. The predicted octanol–water partition coefficient (Wildman–Crippen LogP) is 4.64. The molecule has 6 heteroatoms. The Labute approximate surface area is 152 Å². The summed E-state index contributed by atoms with van der Waals surface area (Å²) in [6.45, 7) is 1.92. The van der Waals surface area contributed by atoms with Crippen molar-refractivity contribution in [2.45, 2.75) is 6.92 Å². The average Bonchev–Trinajstić information content (AvgIpc) is 2.59. The van der Waals surface area contributed by atoms with E-state index in [4.69, 9.17) is 28.6 Å². The highest BCUT2D eigenvalue weighted by Gasteiger charge is 2.02. The zero-order valence-corrected chi connectivity index (χ0v) is 15.0. The molecule has 2 aromatic rings. The second-order valence-electron chi connectivity index (χ2n) is 4.86. The van der Waals surface area contributed by atoms with Crippen LogP contribution in [-0.4, -0.2) is 18.4 Å². The van der Waals surface area contributed by atoms with Gasteiger partial charge in [-0.2, -0.15) is 5.10 Å². The number of benzene rings is 2. The van der Waals surface area contributed by atoms with E-state index >= 15 is 0 Å². The van der Waals surface area contributed by atoms with Gasteiger partial charge in [0.1, 0.15) is 5.75 Å². The van der Waals surface area contributed by atoms with E-state index in [1.807, 2.05) is 55.5 Å². The molecule has 24 heavy (non-hydrogen) atoms. The van der Waals surface area contributed by atoms with Crippen LogP contribution in [-0.2, 0) is 0 Å². The SMILES string of the molecule is COc1ccccc1/C=C/C=N/NC(=S)Nc1cccc(Cl)c1C. The number of hydrogen-bond acceptors (Lipinski definition) is 3. The lowest BCUT2D eigenvalue weighted by Gasteiger charge is -2.10. The number of thiocarbonyl (C=S) groups is 1. The minimum Gasteiger partial charge on any atom is -0.496 e. The number of rotatable bonds is 5. The largest absolute Gasteiger partial charge is 0.496 e. The lowest BCUT2D eigenvalue weighted by Crippen LogP contribution is -2.24. The van der Waals surface area contributed by atoms with Crippen molar-refractivity contribution in [2.24, 2.45) is 5.10 Å². The molecular weight excluding hydrogens is 342 g/mol. The van der Waals surface area contributed by atoms with E-state index in [0.717, 1.165) is 22.6 Å². The molecule has 4 nitrogen and oxygen atoms in total. The van der Waals surface area contributed by atoms with Gasteiger partial charge in [0.25, 0.3) is 0 Å². The highest BCUT2D eigenvalue weighted by Crippen LogP contribution is 2.22. The first-order valence-corrected chi connectivity index (χ1v) is 8.05. The minimum atomic E-state index is 0.391. The van der Waals surface area contributed by atoms with Gasteiger partial charge in [-0.05, 0) is 55.1 Å². The maximum Gasteiger partial charge on any atom is 0.191 e. The number of nitrogens with one attached hydrogen (secondary N) is 2. The Balaban J connectivity index is 1.88. The Hall–Kier alpha value is -2.37. The summed E-state index contributed by atoms with van der Waals surface area (Å²) in [6, 6.07) is 13.3. The quantitative estimate of drug-likeness (QED) is 0.463. The Bertz CT molecular complexity index is 775. The molecule has 0 saturated heterocycles. The van der Waals surface area contributed by atoms with Crippen molar-refractivity contribution in [1.29, 1.82) is 0 Å². The third-order valence-electron chi connectivity index (χ3n) is 3.26. The zero-order valence-electron chi connectivity index (χ0n) is 13.4. The van der Waals surface area contributed by atoms with Gasteiger partial charge in [-0.15, -0.1) is 0 Å². The van der Waals surface area contributed by atoms with Gasteiger partial charge in [0, 0.05) is 22.5 Å². The number of hydrogen-bond donors (Lipinski definition) is 2. The Morgan fingerprint density at radius 2 is 2.00 bits per heavy atom. The summed E-state index contributed by atoms with van der Waals surface area (Å²) in [7, 11) is 1.64. The van der Waals surface area contributed by atoms with Crippen LogP contribution in [0.25, 0.3) is 6.08 Å². The fraction of sp³-hybridized carbons (Fsp3) is 0.111. The van der Waals surface area contributed by atoms with Crippen LogP contribution < -0.4 is 15.5 Å². The molecule has 124 valence electrons. The van der Waals surface area contributed by atoms with Crippen molar-refractivity contribution in [3.63, 3.8) is 0 Å². The monoisotopic (exact) mass is 359 g/mol. The van der Waals surface area contributed by atoms with Crippen molar-refractivity contribution < 1.29 is 4.74 Å². The Morgan fingerprint density at radius 1 is 1.21 bits per heavy atom. The summed E-state index contributed by atoms with van der Waals surface area (Å²) < 4.78 is 5.27. The number of halogens is 1. The standard InChI is InChI=1S/C18H18ClN3OS/c1-13-15(19)9-5-10-16(13)21-18(24)22-20-12-6-8-14-7-3-4-11-17(14)23-2/h3-12H,1-2H3,(H2,21,22,24)/b8-6+,20-12+. The van der Waals surface area contributed by atoms with E-state index in [-0.39, 0.29) is 0 Å². The van der Waals surface area contributed by atoms with Crippen molar-refractivity contribution in [3.05, 3.63) is 64.7 Å². The van der Waals surface area contributed by atoms with E-state index < -0.39 is 0 Å². The van der Waals surface area contributed by atoms with Gasteiger partial charge < -0.3 is 10.1 Å². The maximum absolute atomic E-state index is 6.07. The Morgan fingerprint density at radius 3 is 2.79 bits per heavy atom. The highest BCUT2D eigenvalue weighted by atomic mass is 35.5. The molecular formula is C18H18ClN3OS. The molecule has 0 spiro atoms. The van der Waals surface area contributed by atoms with Gasteiger partial charge in [0.15, 0.2) is 5.11 Å². The molecule has 0 aliphatic carbocycles. The maximum atomic E-state index is 6.07. The van der Waals surface area contributed by atoms with Gasteiger partial charge in [0.05, 0.1) is 7.11 Å². The molecule has 0 aromatic heterocycles. The summed E-state index contributed by atoms with van der Waals surface area (Å²) in [5, 5.41) is 8.18. The van der Waals surface area contributed by atoms with E-state index in [1.54, 1.807) is 19.4 Å². The average molecular weight is 360 g/mol. The smallest absolute Gasteiger partial charge is 0.191 e. The van der Waals surface area contributed by atoms with Crippen LogP contribution >= 0.6 is 23.8 Å².